The van der Waals surface area contributed by atoms with E-state index in [0.717, 1.165) is 12.0 Å². The number of hydrogen-bond acceptors (Lipinski definition) is 2. The molecular weight excluding hydrogens is 190 g/mol. The number of likely N-dealkylation sites (tertiary alicyclic amines) is 1. The summed E-state index contributed by atoms with van der Waals surface area (Å²) in [6, 6.07) is 9.89. The van der Waals surface area contributed by atoms with Gasteiger partial charge >= 0.3 is 0 Å². The molecule has 1 aliphatic heterocycles. The Morgan fingerprint density at radius 3 is 2.73 bits per heavy atom. The molecule has 3 nitrogen and oxygen atoms in total. The number of nitrogens with zero attached hydrogens (tertiary/aromatic N) is 1. The first kappa shape index (κ1) is 10.2. The summed E-state index contributed by atoms with van der Waals surface area (Å²) >= 11 is 0. The fraction of sp³-hybridized carbons (Fsp3) is 0.417. The molecule has 1 aromatic carbocycles. The van der Waals surface area contributed by atoms with E-state index in [-0.39, 0.29) is 18.6 Å². The lowest BCUT2D eigenvalue weighted by Crippen LogP contribution is -2.34. The number of benzene rings is 1. The maximum absolute atomic E-state index is 11.6. The zero-order valence-corrected chi connectivity index (χ0v) is 8.60. The summed E-state index contributed by atoms with van der Waals surface area (Å²) in [5.74, 6) is 0.151. The van der Waals surface area contributed by atoms with E-state index in [1.165, 1.54) is 0 Å². The molecule has 1 fully saturated rings. The molecule has 1 aromatic rings. The van der Waals surface area contributed by atoms with Crippen LogP contribution in [0.2, 0.25) is 0 Å². The molecular formula is C12H15NO2. The van der Waals surface area contributed by atoms with Crippen LogP contribution in [0.1, 0.15) is 18.4 Å². The Hall–Kier alpha value is -1.35. The van der Waals surface area contributed by atoms with Gasteiger partial charge in [-0.25, -0.2) is 0 Å². The number of hydrogen-bond donors (Lipinski definition) is 1. The second-order valence-electron chi connectivity index (χ2n) is 3.88. The summed E-state index contributed by atoms with van der Waals surface area (Å²) in [6.45, 7) is 0.684. The topological polar surface area (TPSA) is 40.5 Å². The van der Waals surface area contributed by atoms with Gasteiger partial charge in [-0.15, -0.1) is 0 Å². The lowest BCUT2D eigenvalue weighted by molar-refractivity contribution is -0.130. The molecule has 15 heavy (non-hydrogen) atoms. The van der Waals surface area contributed by atoms with Gasteiger partial charge < -0.3 is 10.0 Å². The molecule has 2 rings (SSSR count). The van der Waals surface area contributed by atoms with Crippen LogP contribution >= 0.6 is 0 Å². The lowest BCUT2D eigenvalue weighted by atomic mass is 10.2. The predicted molar refractivity (Wildman–Crippen MR) is 57.1 cm³/mol. The zero-order chi connectivity index (χ0) is 10.7. The third-order valence-corrected chi connectivity index (χ3v) is 2.86. The van der Waals surface area contributed by atoms with Crippen molar-refractivity contribution in [2.45, 2.75) is 25.4 Å². The summed E-state index contributed by atoms with van der Waals surface area (Å²) in [5.41, 5.74) is 1.12. The number of carbonyl (C=O) groups is 1. The molecule has 0 aromatic heterocycles. The van der Waals surface area contributed by atoms with Gasteiger partial charge in [-0.3, -0.25) is 4.79 Å². The van der Waals surface area contributed by atoms with Crippen LogP contribution in [0.4, 0.5) is 0 Å². The highest BCUT2D eigenvalue weighted by Crippen LogP contribution is 2.20. The van der Waals surface area contributed by atoms with Crippen LogP contribution in [0.25, 0.3) is 0 Å². The van der Waals surface area contributed by atoms with Crippen molar-refractivity contribution in [1.29, 1.82) is 0 Å². The van der Waals surface area contributed by atoms with E-state index in [9.17, 15) is 4.79 Å². The minimum absolute atomic E-state index is 0.0118. The average molecular weight is 205 g/mol. The van der Waals surface area contributed by atoms with Crippen molar-refractivity contribution in [1.82, 2.24) is 4.90 Å². The van der Waals surface area contributed by atoms with Crippen molar-refractivity contribution in [3.05, 3.63) is 35.9 Å². The normalized spacial score (nSPS) is 21.0. The number of amides is 1. The van der Waals surface area contributed by atoms with Gasteiger partial charge in [-0.05, 0) is 12.0 Å². The first-order valence-electron chi connectivity index (χ1n) is 5.25. The monoisotopic (exact) mass is 205 g/mol. The lowest BCUT2D eigenvalue weighted by Gasteiger charge is -2.23. The molecule has 1 aliphatic rings. The van der Waals surface area contributed by atoms with Crippen LogP contribution in [-0.2, 0) is 11.3 Å². The summed E-state index contributed by atoms with van der Waals surface area (Å²) in [7, 11) is 0. The minimum atomic E-state index is 0.0118. The molecule has 3 heteroatoms. The highest BCUT2D eigenvalue weighted by atomic mass is 16.3. The van der Waals surface area contributed by atoms with E-state index in [2.05, 4.69) is 0 Å². The van der Waals surface area contributed by atoms with Crippen LogP contribution in [0.15, 0.2) is 30.3 Å². The maximum atomic E-state index is 11.6. The van der Waals surface area contributed by atoms with Crippen molar-refractivity contribution in [2.75, 3.05) is 6.61 Å². The van der Waals surface area contributed by atoms with E-state index in [0.29, 0.717) is 13.0 Å². The molecule has 1 heterocycles. The molecule has 0 bridgehead atoms. The number of aliphatic hydroxyl groups is 1. The average Bonchev–Trinajstić information content (AvgIpc) is 2.62. The van der Waals surface area contributed by atoms with Crippen LogP contribution in [0.3, 0.4) is 0 Å². The highest BCUT2D eigenvalue weighted by Gasteiger charge is 2.29. The summed E-state index contributed by atoms with van der Waals surface area (Å²) < 4.78 is 0. The van der Waals surface area contributed by atoms with Crippen molar-refractivity contribution in [3.8, 4) is 0 Å². The Labute approximate surface area is 89.3 Å². The van der Waals surface area contributed by atoms with Gasteiger partial charge in [0.05, 0.1) is 12.6 Å². The molecule has 1 amide bonds. The van der Waals surface area contributed by atoms with Crippen molar-refractivity contribution >= 4 is 5.91 Å². The molecule has 80 valence electrons. The fourth-order valence-corrected chi connectivity index (χ4v) is 1.98. The Balaban J connectivity index is 2.07. The third-order valence-electron chi connectivity index (χ3n) is 2.86. The van der Waals surface area contributed by atoms with Gasteiger partial charge in [0.25, 0.3) is 0 Å². The van der Waals surface area contributed by atoms with Crippen LogP contribution in [0.5, 0.6) is 0 Å². The second-order valence-corrected chi connectivity index (χ2v) is 3.88. The largest absolute Gasteiger partial charge is 0.394 e. The Kier molecular flexibility index (Phi) is 3.02. The number of aliphatic hydroxyl groups excluding tert-OH is 1. The van der Waals surface area contributed by atoms with E-state index < -0.39 is 0 Å². The Morgan fingerprint density at radius 1 is 1.33 bits per heavy atom. The van der Waals surface area contributed by atoms with E-state index in [4.69, 9.17) is 5.11 Å². The van der Waals surface area contributed by atoms with Gasteiger partial charge in [0.2, 0.25) is 5.91 Å². The van der Waals surface area contributed by atoms with Crippen LogP contribution in [0, 0.1) is 0 Å². The summed E-state index contributed by atoms with van der Waals surface area (Å²) in [6.07, 6.45) is 1.35. The molecule has 0 spiro atoms. The fourth-order valence-electron chi connectivity index (χ4n) is 1.98. The molecule has 1 atom stereocenters. The van der Waals surface area contributed by atoms with Gasteiger partial charge in [-0.1, -0.05) is 30.3 Å². The molecule has 0 saturated carbocycles. The zero-order valence-electron chi connectivity index (χ0n) is 8.60. The van der Waals surface area contributed by atoms with Crippen molar-refractivity contribution in [2.24, 2.45) is 0 Å². The van der Waals surface area contributed by atoms with Gasteiger partial charge in [-0.2, -0.15) is 0 Å². The standard InChI is InChI=1S/C12H15NO2/c14-9-11-6-7-12(15)13(11)8-10-4-2-1-3-5-10/h1-5,11,14H,6-9H2/t11-/m0/s1. The van der Waals surface area contributed by atoms with Crippen molar-refractivity contribution < 1.29 is 9.90 Å². The van der Waals surface area contributed by atoms with Crippen LogP contribution < -0.4 is 0 Å². The Morgan fingerprint density at radius 2 is 2.07 bits per heavy atom. The third kappa shape index (κ3) is 2.18. The Bertz CT molecular complexity index is 337. The maximum Gasteiger partial charge on any atom is 0.223 e. The van der Waals surface area contributed by atoms with Gasteiger partial charge in [0.15, 0.2) is 0 Å². The summed E-state index contributed by atoms with van der Waals surface area (Å²) in [4.78, 5) is 13.3. The van der Waals surface area contributed by atoms with Gasteiger partial charge in [0, 0.05) is 13.0 Å². The molecule has 0 aliphatic carbocycles. The van der Waals surface area contributed by atoms with E-state index in [1.807, 2.05) is 30.3 Å². The van der Waals surface area contributed by atoms with Crippen molar-refractivity contribution in [3.63, 3.8) is 0 Å². The first-order valence-corrected chi connectivity index (χ1v) is 5.25. The number of carbonyl (C=O) groups excluding carboxylic acids is 1. The highest BCUT2D eigenvalue weighted by molar-refractivity contribution is 5.78. The van der Waals surface area contributed by atoms with E-state index in [1.54, 1.807) is 4.90 Å². The quantitative estimate of drug-likeness (QED) is 0.804. The molecule has 0 radical (unpaired) electrons. The predicted octanol–water partition coefficient (Wildman–Crippen LogP) is 1.17. The van der Waals surface area contributed by atoms with E-state index >= 15 is 0 Å². The number of rotatable bonds is 3. The minimum Gasteiger partial charge on any atom is -0.394 e. The second kappa shape index (κ2) is 4.45. The molecule has 0 unspecified atom stereocenters. The smallest absolute Gasteiger partial charge is 0.223 e. The van der Waals surface area contributed by atoms with Crippen LogP contribution in [-0.4, -0.2) is 28.6 Å². The molecule has 1 N–H and O–H groups in total. The first-order chi connectivity index (χ1) is 7.31. The van der Waals surface area contributed by atoms with Gasteiger partial charge in [0.1, 0.15) is 0 Å². The molecule has 1 saturated heterocycles. The SMILES string of the molecule is O=C1CC[C@@H](CO)N1Cc1ccccc1. The summed E-state index contributed by atoms with van der Waals surface area (Å²) in [5, 5.41) is 9.14.